The Morgan fingerprint density at radius 2 is 1.84 bits per heavy atom. The van der Waals surface area contributed by atoms with E-state index in [1.807, 2.05) is 42.5 Å². The Morgan fingerprint density at radius 3 is 2.68 bits per heavy atom. The maximum Gasteiger partial charge on any atom is 0.265 e. The van der Waals surface area contributed by atoms with Crippen molar-refractivity contribution in [3.05, 3.63) is 72.3 Å². The van der Waals surface area contributed by atoms with Gasteiger partial charge in [0.05, 0.1) is 17.4 Å². The Labute approximate surface area is 181 Å². The third-order valence-corrected chi connectivity index (χ3v) is 5.37. The van der Waals surface area contributed by atoms with E-state index in [-0.39, 0.29) is 17.9 Å². The number of amides is 2. The van der Waals surface area contributed by atoms with Crippen LogP contribution in [0.1, 0.15) is 30.1 Å². The third kappa shape index (κ3) is 5.03. The predicted molar refractivity (Wildman–Crippen MR) is 120 cm³/mol. The molecule has 0 unspecified atom stereocenters. The standard InChI is InChI=1S/C25H26N2O4/c1-17(31-23-14-6-9-18-8-2-3-11-20(18)23)24(28)27-22-13-5-4-12-21(22)25(29)26-16-19-10-7-15-30-19/h2-6,8-9,11-14,17,19H,7,10,15-16H2,1H3,(H,26,29)(H,27,28)/t17-,19-/m0/s1. The molecule has 1 saturated heterocycles. The van der Waals surface area contributed by atoms with Gasteiger partial charge >= 0.3 is 0 Å². The maximum absolute atomic E-state index is 12.8. The Balaban J connectivity index is 1.42. The minimum atomic E-state index is -0.742. The number of ether oxygens (including phenoxy) is 2. The van der Waals surface area contributed by atoms with Crippen LogP contribution in [0.5, 0.6) is 5.75 Å². The highest BCUT2D eigenvalue weighted by molar-refractivity contribution is 6.04. The molecule has 160 valence electrons. The van der Waals surface area contributed by atoms with Gasteiger partial charge in [0.2, 0.25) is 0 Å². The maximum atomic E-state index is 12.8. The second-order valence-electron chi connectivity index (χ2n) is 7.62. The van der Waals surface area contributed by atoms with Crippen LogP contribution in [0.25, 0.3) is 10.8 Å². The van der Waals surface area contributed by atoms with Gasteiger partial charge in [-0.15, -0.1) is 0 Å². The van der Waals surface area contributed by atoms with Crippen molar-refractivity contribution < 1.29 is 19.1 Å². The van der Waals surface area contributed by atoms with Crippen LogP contribution >= 0.6 is 0 Å². The molecule has 1 heterocycles. The van der Waals surface area contributed by atoms with Gasteiger partial charge in [-0.2, -0.15) is 0 Å². The summed E-state index contributed by atoms with van der Waals surface area (Å²) in [6, 6.07) is 20.6. The fourth-order valence-corrected chi connectivity index (χ4v) is 3.67. The quantitative estimate of drug-likeness (QED) is 0.604. The summed E-state index contributed by atoms with van der Waals surface area (Å²) >= 11 is 0. The van der Waals surface area contributed by atoms with Gasteiger partial charge < -0.3 is 20.1 Å². The second-order valence-corrected chi connectivity index (χ2v) is 7.62. The Kier molecular flexibility index (Phi) is 6.48. The summed E-state index contributed by atoms with van der Waals surface area (Å²) in [5, 5.41) is 7.71. The summed E-state index contributed by atoms with van der Waals surface area (Å²) < 4.78 is 11.5. The monoisotopic (exact) mass is 418 g/mol. The van der Waals surface area contributed by atoms with Gasteiger partial charge in [0.1, 0.15) is 5.75 Å². The lowest BCUT2D eigenvalue weighted by Gasteiger charge is -2.18. The van der Waals surface area contributed by atoms with Crippen molar-refractivity contribution in [2.75, 3.05) is 18.5 Å². The zero-order valence-corrected chi connectivity index (χ0v) is 17.5. The molecule has 2 N–H and O–H groups in total. The molecule has 0 saturated carbocycles. The van der Waals surface area contributed by atoms with Crippen molar-refractivity contribution in [2.45, 2.75) is 32.0 Å². The van der Waals surface area contributed by atoms with Gasteiger partial charge in [-0.1, -0.05) is 48.5 Å². The minimum absolute atomic E-state index is 0.0554. The first-order valence-corrected chi connectivity index (χ1v) is 10.6. The summed E-state index contributed by atoms with van der Waals surface area (Å²) in [6.45, 7) is 2.89. The number of anilines is 1. The van der Waals surface area contributed by atoms with Gasteiger partial charge in [0, 0.05) is 18.5 Å². The molecular weight excluding hydrogens is 392 g/mol. The number of para-hydroxylation sites is 1. The molecule has 2 amide bonds. The number of nitrogens with one attached hydrogen (secondary N) is 2. The van der Waals surface area contributed by atoms with Crippen molar-refractivity contribution in [2.24, 2.45) is 0 Å². The molecule has 3 aromatic rings. The number of hydrogen-bond donors (Lipinski definition) is 2. The Hall–Kier alpha value is -3.38. The number of fused-ring (bicyclic) bond motifs is 1. The summed E-state index contributed by atoms with van der Waals surface area (Å²) in [4.78, 5) is 25.5. The first kappa shape index (κ1) is 20.9. The van der Waals surface area contributed by atoms with Crippen LogP contribution < -0.4 is 15.4 Å². The van der Waals surface area contributed by atoms with Crippen molar-refractivity contribution in [1.82, 2.24) is 5.32 Å². The van der Waals surface area contributed by atoms with E-state index < -0.39 is 6.10 Å². The molecule has 2 atom stereocenters. The van der Waals surface area contributed by atoms with E-state index in [9.17, 15) is 9.59 Å². The number of carbonyl (C=O) groups is 2. The zero-order valence-electron chi connectivity index (χ0n) is 17.5. The van der Waals surface area contributed by atoms with E-state index in [2.05, 4.69) is 10.6 Å². The van der Waals surface area contributed by atoms with Crippen LogP contribution in [0.4, 0.5) is 5.69 Å². The molecule has 4 rings (SSSR count). The SMILES string of the molecule is C[C@H](Oc1cccc2ccccc12)C(=O)Nc1ccccc1C(=O)NC[C@@H]1CCCO1. The number of rotatable bonds is 7. The molecule has 1 fully saturated rings. The van der Waals surface area contributed by atoms with E-state index in [1.165, 1.54) is 0 Å². The molecule has 0 aliphatic carbocycles. The smallest absolute Gasteiger partial charge is 0.265 e. The first-order chi connectivity index (χ1) is 15.1. The average Bonchev–Trinajstić information content (AvgIpc) is 3.32. The molecule has 3 aromatic carbocycles. The van der Waals surface area contributed by atoms with Crippen LogP contribution in [0.3, 0.4) is 0 Å². The third-order valence-electron chi connectivity index (χ3n) is 5.37. The number of carbonyl (C=O) groups excluding carboxylic acids is 2. The molecule has 31 heavy (non-hydrogen) atoms. The zero-order chi connectivity index (χ0) is 21.6. The van der Waals surface area contributed by atoms with Crippen LogP contribution in [0.15, 0.2) is 66.7 Å². The van der Waals surface area contributed by atoms with E-state index >= 15 is 0 Å². The lowest BCUT2D eigenvalue weighted by Crippen LogP contribution is -2.34. The van der Waals surface area contributed by atoms with Crippen molar-refractivity contribution in [1.29, 1.82) is 0 Å². The number of hydrogen-bond acceptors (Lipinski definition) is 4. The summed E-state index contributed by atoms with van der Waals surface area (Å²) in [5.74, 6) is 0.0738. The highest BCUT2D eigenvalue weighted by Gasteiger charge is 2.21. The molecule has 6 heteroatoms. The first-order valence-electron chi connectivity index (χ1n) is 10.6. The molecule has 0 aromatic heterocycles. The molecule has 6 nitrogen and oxygen atoms in total. The fraction of sp³-hybridized carbons (Fsp3) is 0.280. The topological polar surface area (TPSA) is 76.7 Å². The highest BCUT2D eigenvalue weighted by atomic mass is 16.5. The predicted octanol–water partition coefficient (Wildman–Crippen LogP) is 4.15. The van der Waals surface area contributed by atoms with Gasteiger partial charge in [0.25, 0.3) is 11.8 Å². The van der Waals surface area contributed by atoms with Gasteiger partial charge in [-0.25, -0.2) is 0 Å². The normalized spacial score (nSPS) is 16.6. The van der Waals surface area contributed by atoms with Crippen LogP contribution in [-0.4, -0.2) is 37.2 Å². The number of benzene rings is 3. The van der Waals surface area contributed by atoms with Crippen molar-refractivity contribution >= 4 is 28.3 Å². The lowest BCUT2D eigenvalue weighted by molar-refractivity contribution is -0.122. The van der Waals surface area contributed by atoms with Gasteiger partial charge in [-0.05, 0) is 43.4 Å². The summed E-state index contributed by atoms with van der Waals surface area (Å²) in [7, 11) is 0. The van der Waals surface area contributed by atoms with Gasteiger partial charge in [-0.3, -0.25) is 9.59 Å². The van der Waals surface area contributed by atoms with E-state index in [1.54, 1.807) is 31.2 Å². The van der Waals surface area contributed by atoms with E-state index in [4.69, 9.17) is 9.47 Å². The molecule has 1 aliphatic heterocycles. The summed E-state index contributed by atoms with van der Waals surface area (Å²) in [5.41, 5.74) is 0.858. The molecule has 0 bridgehead atoms. The summed E-state index contributed by atoms with van der Waals surface area (Å²) in [6.07, 6.45) is 1.28. The van der Waals surface area contributed by atoms with Crippen molar-refractivity contribution in [3.8, 4) is 5.75 Å². The average molecular weight is 418 g/mol. The minimum Gasteiger partial charge on any atom is -0.480 e. The van der Waals surface area contributed by atoms with Gasteiger partial charge in [0.15, 0.2) is 6.10 Å². The van der Waals surface area contributed by atoms with E-state index in [0.29, 0.717) is 23.5 Å². The van der Waals surface area contributed by atoms with Crippen molar-refractivity contribution in [3.63, 3.8) is 0 Å². The Bertz CT molecular complexity index is 1070. The molecule has 0 radical (unpaired) electrons. The van der Waals surface area contributed by atoms with E-state index in [0.717, 1.165) is 30.2 Å². The van der Waals surface area contributed by atoms with Crippen LogP contribution in [0, 0.1) is 0 Å². The second kappa shape index (κ2) is 9.62. The fourth-order valence-electron chi connectivity index (χ4n) is 3.67. The largest absolute Gasteiger partial charge is 0.480 e. The highest BCUT2D eigenvalue weighted by Crippen LogP contribution is 2.26. The molecule has 0 spiro atoms. The Morgan fingerprint density at radius 1 is 1.06 bits per heavy atom. The van der Waals surface area contributed by atoms with Crippen LogP contribution in [0.2, 0.25) is 0 Å². The molecule has 1 aliphatic rings. The molecular formula is C25H26N2O4. The van der Waals surface area contributed by atoms with Crippen LogP contribution in [-0.2, 0) is 9.53 Å². The lowest BCUT2D eigenvalue weighted by atomic mass is 10.1.